The zero-order valence-corrected chi connectivity index (χ0v) is 13.0. The van der Waals surface area contributed by atoms with E-state index in [9.17, 15) is 4.39 Å². The molecule has 0 radical (unpaired) electrons. The predicted octanol–water partition coefficient (Wildman–Crippen LogP) is 3.32. The van der Waals surface area contributed by atoms with Crippen LogP contribution in [0.3, 0.4) is 0 Å². The molecule has 0 fully saturated rings. The van der Waals surface area contributed by atoms with Gasteiger partial charge in [-0.25, -0.2) is 4.39 Å². The zero-order valence-electron chi connectivity index (χ0n) is 13.0. The predicted molar refractivity (Wildman–Crippen MR) is 90.7 cm³/mol. The number of aromatic nitrogens is 3. The maximum absolute atomic E-state index is 13.3. The number of halogens is 1. The van der Waals surface area contributed by atoms with Crippen molar-refractivity contribution in [3.63, 3.8) is 0 Å². The monoisotopic (exact) mass is 321 g/mol. The molecule has 0 bridgehead atoms. The molecular weight excluding hydrogens is 305 g/mol. The molecule has 0 unspecified atom stereocenters. The fraction of sp³-hybridized carbons (Fsp3) is 0.167. The molecule has 6 heteroatoms. The van der Waals surface area contributed by atoms with Crippen molar-refractivity contribution in [2.45, 2.75) is 13.0 Å². The van der Waals surface area contributed by atoms with Crippen LogP contribution in [0.5, 0.6) is 0 Å². The Bertz CT molecular complexity index is 867. The number of hydrogen-bond donors (Lipinski definition) is 1. The summed E-state index contributed by atoms with van der Waals surface area (Å²) in [4.78, 5) is 6.62. The molecule has 24 heavy (non-hydrogen) atoms. The van der Waals surface area contributed by atoms with Crippen molar-refractivity contribution in [3.05, 3.63) is 71.7 Å². The topological polar surface area (TPSA) is 53.9 Å². The Kier molecular flexibility index (Phi) is 3.78. The van der Waals surface area contributed by atoms with E-state index in [1.807, 2.05) is 6.07 Å². The van der Waals surface area contributed by atoms with Crippen LogP contribution >= 0.6 is 0 Å². The molecule has 0 atom stereocenters. The lowest BCUT2D eigenvalue weighted by Gasteiger charge is -2.28. The highest BCUT2D eigenvalue weighted by Gasteiger charge is 2.18. The van der Waals surface area contributed by atoms with Gasteiger partial charge in [-0.15, -0.1) is 5.10 Å². The SMILES string of the molecule is Fc1cccc(Nc2cnnc(N3CCc4ccccc4C3)n2)c1. The average Bonchev–Trinajstić information content (AvgIpc) is 2.61. The van der Waals surface area contributed by atoms with Gasteiger partial charge in [0.2, 0.25) is 5.95 Å². The number of nitrogens with one attached hydrogen (secondary N) is 1. The zero-order chi connectivity index (χ0) is 16.4. The van der Waals surface area contributed by atoms with Gasteiger partial charge in [0, 0.05) is 18.8 Å². The van der Waals surface area contributed by atoms with E-state index < -0.39 is 0 Å². The quantitative estimate of drug-likeness (QED) is 0.802. The molecule has 5 nitrogen and oxygen atoms in total. The Morgan fingerprint density at radius 2 is 1.92 bits per heavy atom. The molecule has 0 saturated heterocycles. The van der Waals surface area contributed by atoms with Crippen LogP contribution in [0.25, 0.3) is 0 Å². The second-order valence-corrected chi connectivity index (χ2v) is 5.72. The van der Waals surface area contributed by atoms with Crippen molar-refractivity contribution >= 4 is 17.5 Å². The molecule has 3 aromatic rings. The Labute approximate surface area is 139 Å². The van der Waals surface area contributed by atoms with Crippen molar-refractivity contribution in [1.29, 1.82) is 0 Å². The Balaban J connectivity index is 1.55. The van der Waals surface area contributed by atoms with Crippen molar-refractivity contribution < 1.29 is 4.39 Å². The fourth-order valence-electron chi connectivity index (χ4n) is 2.87. The standard InChI is InChI=1S/C18H16FN5/c19-15-6-3-7-16(10-15)21-17-11-20-23-18(22-17)24-9-8-13-4-1-2-5-14(13)12-24/h1-7,10-11H,8-9,12H2,(H,21,22,23). The molecule has 1 N–H and O–H groups in total. The van der Waals surface area contributed by atoms with Crippen molar-refractivity contribution in [2.75, 3.05) is 16.8 Å². The maximum Gasteiger partial charge on any atom is 0.247 e. The molecule has 1 aliphatic rings. The number of rotatable bonds is 3. The summed E-state index contributed by atoms with van der Waals surface area (Å²) in [5.74, 6) is 0.824. The first-order chi connectivity index (χ1) is 11.8. The highest BCUT2D eigenvalue weighted by Crippen LogP contribution is 2.23. The average molecular weight is 321 g/mol. The van der Waals surface area contributed by atoms with Crippen LogP contribution in [0.2, 0.25) is 0 Å². The number of benzene rings is 2. The summed E-state index contributed by atoms with van der Waals surface area (Å²) in [6, 6.07) is 14.6. The van der Waals surface area contributed by atoms with Gasteiger partial charge in [0.05, 0.1) is 6.20 Å². The highest BCUT2D eigenvalue weighted by molar-refractivity contribution is 5.56. The lowest BCUT2D eigenvalue weighted by atomic mass is 10.0. The van der Waals surface area contributed by atoms with Crippen LogP contribution in [0.4, 0.5) is 21.8 Å². The van der Waals surface area contributed by atoms with Crippen LogP contribution in [-0.4, -0.2) is 21.7 Å². The van der Waals surface area contributed by atoms with Crippen LogP contribution in [0.1, 0.15) is 11.1 Å². The third-order valence-corrected chi connectivity index (χ3v) is 4.06. The molecule has 1 aliphatic heterocycles. The minimum atomic E-state index is -0.296. The Morgan fingerprint density at radius 3 is 2.79 bits per heavy atom. The minimum absolute atomic E-state index is 0.296. The molecule has 120 valence electrons. The summed E-state index contributed by atoms with van der Waals surface area (Å²) in [5.41, 5.74) is 3.29. The Morgan fingerprint density at radius 1 is 1.04 bits per heavy atom. The molecule has 0 spiro atoms. The minimum Gasteiger partial charge on any atom is -0.339 e. The fourth-order valence-corrected chi connectivity index (χ4v) is 2.87. The van der Waals surface area contributed by atoms with Crippen molar-refractivity contribution in [2.24, 2.45) is 0 Å². The lowest BCUT2D eigenvalue weighted by Crippen LogP contribution is -2.32. The van der Waals surface area contributed by atoms with Gasteiger partial charge in [-0.2, -0.15) is 10.1 Å². The third kappa shape index (κ3) is 3.03. The van der Waals surface area contributed by atoms with E-state index in [0.29, 0.717) is 17.5 Å². The first-order valence-electron chi connectivity index (χ1n) is 7.82. The van der Waals surface area contributed by atoms with Crippen LogP contribution < -0.4 is 10.2 Å². The normalized spacial score (nSPS) is 13.5. The summed E-state index contributed by atoms with van der Waals surface area (Å²) in [5, 5.41) is 11.2. The van der Waals surface area contributed by atoms with E-state index in [1.54, 1.807) is 12.1 Å². The molecule has 2 heterocycles. The van der Waals surface area contributed by atoms with Gasteiger partial charge in [0.25, 0.3) is 0 Å². The maximum atomic E-state index is 13.3. The number of anilines is 3. The molecule has 0 amide bonds. The summed E-state index contributed by atoms with van der Waals surface area (Å²) < 4.78 is 13.3. The summed E-state index contributed by atoms with van der Waals surface area (Å²) in [6.45, 7) is 1.61. The molecular formula is C18H16FN5. The summed E-state index contributed by atoms with van der Waals surface area (Å²) in [6.07, 6.45) is 2.49. The summed E-state index contributed by atoms with van der Waals surface area (Å²) >= 11 is 0. The molecule has 0 aliphatic carbocycles. The molecule has 0 saturated carbocycles. The van der Waals surface area contributed by atoms with E-state index in [-0.39, 0.29) is 5.82 Å². The van der Waals surface area contributed by atoms with Crippen molar-refractivity contribution in [3.8, 4) is 0 Å². The lowest BCUT2D eigenvalue weighted by molar-refractivity contribution is 0.628. The smallest absolute Gasteiger partial charge is 0.247 e. The van der Waals surface area contributed by atoms with E-state index in [0.717, 1.165) is 19.5 Å². The second-order valence-electron chi connectivity index (χ2n) is 5.72. The molecule has 1 aromatic heterocycles. The second kappa shape index (κ2) is 6.23. The first-order valence-corrected chi connectivity index (χ1v) is 7.82. The van der Waals surface area contributed by atoms with Gasteiger partial charge >= 0.3 is 0 Å². The first kappa shape index (κ1) is 14.6. The number of fused-ring (bicyclic) bond motifs is 1. The van der Waals surface area contributed by atoms with E-state index >= 15 is 0 Å². The van der Waals surface area contributed by atoms with E-state index in [2.05, 4.69) is 43.6 Å². The molecule has 4 rings (SSSR count). The van der Waals surface area contributed by atoms with Gasteiger partial charge in [0.1, 0.15) is 5.82 Å². The number of hydrogen-bond acceptors (Lipinski definition) is 5. The van der Waals surface area contributed by atoms with Gasteiger partial charge < -0.3 is 10.2 Å². The van der Waals surface area contributed by atoms with Crippen LogP contribution in [-0.2, 0) is 13.0 Å². The highest BCUT2D eigenvalue weighted by atomic mass is 19.1. The van der Waals surface area contributed by atoms with E-state index in [4.69, 9.17) is 0 Å². The van der Waals surface area contributed by atoms with Crippen LogP contribution in [0, 0.1) is 5.82 Å². The van der Waals surface area contributed by atoms with Crippen molar-refractivity contribution in [1.82, 2.24) is 15.2 Å². The summed E-state index contributed by atoms with van der Waals surface area (Å²) in [7, 11) is 0. The van der Waals surface area contributed by atoms with Crippen LogP contribution in [0.15, 0.2) is 54.7 Å². The van der Waals surface area contributed by atoms with Gasteiger partial charge in [-0.05, 0) is 35.7 Å². The number of nitrogens with zero attached hydrogens (tertiary/aromatic N) is 4. The largest absolute Gasteiger partial charge is 0.339 e. The third-order valence-electron chi connectivity index (χ3n) is 4.06. The van der Waals surface area contributed by atoms with Gasteiger partial charge in [-0.3, -0.25) is 0 Å². The Hall–Kier alpha value is -3.02. The van der Waals surface area contributed by atoms with Gasteiger partial charge in [-0.1, -0.05) is 30.3 Å². The molecule has 2 aromatic carbocycles. The van der Waals surface area contributed by atoms with E-state index in [1.165, 1.54) is 29.5 Å². The van der Waals surface area contributed by atoms with Gasteiger partial charge in [0.15, 0.2) is 5.82 Å².